The van der Waals surface area contributed by atoms with Gasteiger partial charge in [0.25, 0.3) is 0 Å². The van der Waals surface area contributed by atoms with Gasteiger partial charge >= 0.3 is 0 Å². The highest BCUT2D eigenvalue weighted by molar-refractivity contribution is 5.41. The molecule has 0 aliphatic rings. The minimum atomic E-state index is 0.157. The second-order valence-electron chi connectivity index (χ2n) is 4.85. The molecule has 0 heterocycles. The van der Waals surface area contributed by atoms with Gasteiger partial charge in [0, 0.05) is 13.1 Å². The quantitative estimate of drug-likeness (QED) is 0.769. The summed E-state index contributed by atoms with van der Waals surface area (Å²) in [5, 5.41) is 12.8. The van der Waals surface area contributed by atoms with E-state index < -0.39 is 0 Å². The zero-order valence-corrected chi connectivity index (χ0v) is 12.4. The molecule has 0 fully saturated rings. The average molecular weight is 287 g/mol. The van der Waals surface area contributed by atoms with Crippen molar-refractivity contribution in [3.8, 4) is 17.2 Å². The Morgan fingerprint density at radius 1 is 1.14 bits per heavy atom. The lowest BCUT2D eigenvalue weighted by atomic mass is 10.2. The fourth-order valence-electron chi connectivity index (χ4n) is 2.01. The van der Waals surface area contributed by atoms with E-state index in [0.29, 0.717) is 18.9 Å². The first-order chi connectivity index (χ1) is 10.2. The number of phenols is 1. The van der Waals surface area contributed by atoms with Gasteiger partial charge in [0.2, 0.25) is 0 Å². The van der Waals surface area contributed by atoms with E-state index in [1.54, 1.807) is 13.2 Å². The van der Waals surface area contributed by atoms with E-state index in [-0.39, 0.29) is 5.75 Å². The Balaban J connectivity index is 1.72. The minimum Gasteiger partial charge on any atom is -0.504 e. The van der Waals surface area contributed by atoms with E-state index in [1.807, 2.05) is 43.3 Å². The molecule has 4 heteroatoms. The molecule has 0 saturated heterocycles. The Morgan fingerprint density at radius 2 is 2.00 bits per heavy atom. The molecule has 2 aromatic carbocycles. The summed E-state index contributed by atoms with van der Waals surface area (Å²) in [6.07, 6.45) is 0. The fourth-order valence-corrected chi connectivity index (χ4v) is 2.01. The number of methoxy groups -OCH3 is 1. The molecule has 2 rings (SSSR count). The van der Waals surface area contributed by atoms with Crippen LogP contribution in [-0.4, -0.2) is 25.4 Å². The molecule has 0 unspecified atom stereocenters. The predicted octanol–water partition coefficient (Wildman–Crippen LogP) is 2.88. The first kappa shape index (κ1) is 15.2. The lowest BCUT2D eigenvalue weighted by Gasteiger charge is -2.09. The molecule has 2 N–H and O–H groups in total. The summed E-state index contributed by atoms with van der Waals surface area (Å²) in [6.45, 7) is 4.10. The highest BCUT2D eigenvalue weighted by Gasteiger charge is 2.02. The molecule has 0 aromatic heterocycles. The van der Waals surface area contributed by atoms with Crippen LogP contribution in [-0.2, 0) is 6.54 Å². The van der Waals surface area contributed by atoms with Gasteiger partial charge in [0.05, 0.1) is 7.11 Å². The number of hydrogen-bond acceptors (Lipinski definition) is 4. The van der Waals surface area contributed by atoms with Crippen molar-refractivity contribution in [3.05, 3.63) is 53.6 Å². The van der Waals surface area contributed by atoms with Gasteiger partial charge in [-0.2, -0.15) is 0 Å². The van der Waals surface area contributed by atoms with E-state index in [9.17, 15) is 5.11 Å². The van der Waals surface area contributed by atoms with Crippen molar-refractivity contribution in [3.63, 3.8) is 0 Å². The minimum absolute atomic E-state index is 0.157. The highest BCUT2D eigenvalue weighted by atomic mass is 16.5. The number of aromatic hydroxyl groups is 1. The lowest BCUT2D eigenvalue weighted by molar-refractivity contribution is 0.313. The van der Waals surface area contributed by atoms with Crippen molar-refractivity contribution in [2.24, 2.45) is 0 Å². The van der Waals surface area contributed by atoms with Gasteiger partial charge in [-0.05, 0) is 42.3 Å². The van der Waals surface area contributed by atoms with Crippen molar-refractivity contribution < 1.29 is 14.6 Å². The maximum Gasteiger partial charge on any atom is 0.160 e. The summed E-state index contributed by atoms with van der Waals surface area (Å²) in [7, 11) is 1.54. The van der Waals surface area contributed by atoms with Gasteiger partial charge in [-0.25, -0.2) is 0 Å². The molecule has 0 radical (unpaired) electrons. The van der Waals surface area contributed by atoms with E-state index in [1.165, 1.54) is 5.56 Å². The smallest absolute Gasteiger partial charge is 0.160 e. The SMILES string of the molecule is COc1cc(CNCCOc2cccc(C)c2)ccc1O. The molecule has 0 amide bonds. The van der Waals surface area contributed by atoms with Crippen molar-refractivity contribution in [2.45, 2.75) is 13.5 Å². The number of ether oxygens (including phenoxy) is 2. The standard InChI is InChI=1S/C17H21NO3/c1-13-4-3-5-15(10-13)21-9-8-18-12-14-6-7-16(19)17(11-14)20-2/h3-7,10-11,18-19H,8-9,12H2,1-2H3. The lowest BCUT2D eigenvalue weighted by Crippen LogP contribution is -2.20. The molecule has 0 bridgehead atoms. The van der Waals surface area contributed by atoms with E-state index in [2.05, 4.69) is 5.32 Å². The van der Waals surface area contributed by atoms with Crippen molar-refractivity contribution in [1.82, 2.24) is 5.32 Å². The van der Waals surface area contributed by atoms with Gasteiger partial charge in [-0.3, -0.25) is 0 Å². The van der Waals surface area contributed by atoms with Crippen LogP contribution in [0.15, 0.2) is 42.5 Å². The van der Waals surface area contributed by atoms with Gasteiger partial charge < -0.3 is 19.9 Å². The Kier molecular flexibility index (Phi) is 5.46. The van der Waals surface area contributed by atoms with Crippen LogP contribution in [0.1, 0.15) is 11.1 Å². The Morgan fingerprint density at radius 3 is 2.76 bits per heavy atom. The molecule has 2 aromatic rings. The summed E-state index contributed by atoms with van der Waals surface area (Å²) < 4.78 is 10.7. The van der Waals surface area contributed by atoms with Gasteiger partial charge in [-0.1, -0.05) is 18.2 Å². The molecular weight excluding hydrogens is 266 g/mol. The number of rotatable bonds is 7. The summed E-state index contributed by atoms with van der Waals surface area (Å²) >= 11 is 0. The van der Waals surface area contributed by atoms with Crippen molar-refractivity contribution in [1.29, 1.82) is 0 Å². The topological polar surface area (TPSA) is 50.7 Å². The second-order valence-corrected chi connectivity index (χ2v) is 4.85. The molecule has 21 heavy (non-hydrogen) atoms. The van der Waals surface area contributed by atoms with Gasteiger partial charge in [0.1, 0.15) is 12.4 Å². The van der Waals surface area contributed by atoms with Crippen LogP contribution in [0.2, 0.25) is 0 Å². The monoisotopic (exact) mass is 287 g/mol. The predicted molar refractivity (Wildman–Crippen MR) is 83.0 cm³/mol. The Hall–Kier alpha value is -2.20. The summed E-state index contributed by atoms with van der Waals surface area (Å²) in [5.74, 6) is 1.54. The second kappa shape index (κ2) is 7.55. The summed E-state index contributed by atoms with van der Waals surface area (Å²) in [6, 6.07) is 13.3. The first-order valence-electron chi connectivity index (χ1n) is 6.95. The maximum atomic E-state index is 9.53. The largest absolute Gasteiger partial charge is 0.504 e. The van der Waals surface area contributed by atoms with Gasteiger partial charge in [-0.15, -0.1) is 0 Å². The van der Waals surface area contributed by atoms with Crippen LogP contribution in [0, 0.1) is 6.92 Å². The zero-order chi connectivity index (χ0) is 15.1. The van der Waals surface area contributed by atoms with E-state index in [0.717, 1.165) is 17.9 Å². The van der Waals surface area contributed by atoms with E-state index >= 15 is 0 Å². The highest BCUT2D eigenvalue weighted by Crippen LogP contribution is 2.26. The Labute approximate surface area is 125 Å². The van der Waals surface area contributed by atoms with Crippen LogP contribution in [0.25, 0.3) is 0 Å². The van der Waals surface area contributed by atoms with Crippen LogP contribution in [0.5, 0.6) is 17.2 Å². The molecule has 0 aliphatic heterocycles. The number of hydrogen-bond donors (Lipinski definition) is 2. The third kappa shape index (κ3) is 4.68. The zero-order valence-electron chi connectivity index (χ0n) is 12.4. The van der Waals surface area contributed by atoms with Crippen LogP contribution < -0.4 is 14.8 Å². The van der Waals surface area contributed by atoms with Crippen molar-refractivity contribution in [2.75, 3.05) is 20.3 Å². The summed E-state index contributed by atoms with van der Waals surface area (Å²) in [4.78, 5) is 0. The summed E-state index contributed by atoms with van der Waals surface area (Å²) in [5.41, 5.74) is 2.25. The van der Waals surface area contributed by atoms with Crippen LogP contribution >= 0.6 is 0 Å². The van der Waals surface area contributed by atoms with Crippen molar-refractivity contribution >= 4 is 0 Å². The number of phenolic OH excluding ortho intramolecular Hbond substituents is 1. The molecule has 4 nitrogen and oxygen atoms in total. The van der Waals surface area contributed by atoms with Crippen LogP contribution in [0.3, 0.4) is 0 Å². The van der Waals surface area contributed by atoms with E-state index in [4.69, 9.17) is 9.47 Å². The third-order valence-electron chi connectivity index (χ3n) is 3.11. The van der Waals surface area contributed by atoms with Crippen LogP contribution in [0.4, 0.5) is 0 Å². The third-order valence-corrected chi connectivity index (χ3v) is 3.11. The number of nitrogens with one attached hydrogen (secondary N) is 1. The average Bonchev–Trinajstić information content (AvgIpc) is 2.48. The molecule has 112 valence electrons. The molecule has 0 aliphatic carbocycles. The molecular formula is C17H21NO3. The molecule has 0 atom stereocenters. The van der Waals surface area contributed by atoms with Gasteiger partial charge in [0.15, 0.2) is 11.5 Å². The Bertz CT molecular complexity index is 584. The molecule has 0 saturated carbocycles. The normalized spacial score (nSPS) is 10.4. The molecule has 0 spiro atoms. The number of benzene rings is 2. The number of aryl methyl sites for hydroxylation is 1. The first-order valence-corrected chi connectivity index (χ1v) is 6.95. The maximum absolute atomic E-state index is 9.53. The fraction of sp³-hybridized carbons (Fsp3) is 0.294.